The predicted molar refractivity (Wildman–Crippen MR) is 142 cm³/mol. The number of nitrogens with one attached hydrogen (secondary N) is 1. The molecule has 0 bridgehead atoms. The summed E-state index contributed by atoms with van der Waals surface area (Å²) in [5, 5.41) is 3.13. The van der Waals surface area contributed by atoms with Gasteiger partial charge in [-0.2, -0.15) is 13.2 Å². The van der Waals surface area contributed by atoms with Crippen LogP contribution in [0.15, 0.2) is 59.5 Å². The molecule has 1 saturated heterocycles. The Morgan fingerprint density at radius 2 is 1.81 bits per heavy atom. The largest absolute Gasteiger partial charge is 0.416 e. The molecule has 5 nitrogen and oxygen atoms in total. The fourth-order valence-electron chi connectivity index (χ4n) is 4.85. The molecule has 0 aromatic heterocycles. The molecule has 198 valence electrons. The Balaban J connectivity index is 1.37. The maximum atomic E-state index is 13.4. The standard InChI is InChI=1S/C28H32F3N3O2S/c1-33(22-8-3-2-4-9-22)17-7-16-32-26(35)19-34-23-10-5-6-11-24(23)37-25(27(34)36)18-20-12-14-21(15-13-20)28(29,30)31/h2-4,8-9,12-15,18,23-24H,5-7,10-11,16-17,19H2,1H3,(H,32,35)/b25-18-. The number of para-hydroxylation sites is 1. The summed E-state index contributed by atoms with van der Waals surface area (Å²) in [5.41, 5.74) is 0.920. The van der Waals surface area contributed by atoms with E-state index < -0.39 is 11.7 Å². The number of fused-ring (bicyclic) bond motifs is 1. The average molecular weight is 532 g/mol. The molecule has 2 unspecified atom stereocenters. The smallest absolute Gasteiger partial charge is 0.375 e. The Morgan fingerprint density at radius 1 is 1.11 bits per heavy atom. The molecule has 1 aliphatic heterocycles. The van der Waals surface area contributed by atoms with Crippen molar-refractivity contribution in [3.63, 3.8) is 0 Å². The average Bonchev–Trinajstić information content (AvgIpc) is 2.89. The van der Waals surface area contributed by atoms with E-state index in [1.807, 2.05) is 37.4 Å². The highest BCUT2D eigenvalue weighted by atomic mass is 32.2. The highest BCUT2D eigenvalue weighted by molar-refractivity contribution is 8.04. The fourth-order valence-corrected chi connectivity index (χ4v) is 6.32. The number of thioether (sulfide) groups is 1. The van der Waals surface area contributed by atoms with Gasteiger partial charge in [-0.15, -0.1) is 11.8 Å². The molecule has 2 fully saturated rings. The minimum Gasteiger partial charge on any atom is -0.375 e. The van der Waals surface area contributed by atoms with E-state index in [1.165, 1.54) is 23.9 Å². The first-order chi connectivity index (χ1) is 17.7. The maximum Gasteiger partial charge on any atom is 0.416 e. The SMILES string of the molecule is CN(CCCNC(=O)CN1C(=O)/C(=C/c2ccc(C(F)(F)F)cc2)SC2CCCCC21)c1ccccc1. The van der Waals surface area contributed by atoms with Crippen LogP contribution in [0.2, 0.25) is 0 Å². The molecule has 2 aliphatic rings. The predicted octanol–water partition coefficient (Wildman–Crippen LogP) is 5.58. The second-order valence-electron chi connectivity index (χ2n) is 9.53. The number of alkyl halides is 3. The number of carbonyl (C=O) groups is 2. The zero-order chi connectivity index (χ0) is 26.4. The van der Waals surface area contributed by atoms with Gasteiger partial charge in [-0.1, -0.05) is 43.2 Å². The number of nitrogens with zero attached hydrogens (tertiary/aromatic N) is 2. The minimum atomic E-state index is -4.41. The molecule has 2 atom stereocenters. The van der Waals surface area contributed by atoms with Crippen LogP contribution in [0.1, 0.15) is 43.2 Å². The van der Waals surface area contributed by atoms with E-state index in [-0.39, 0.29) is 29.7 Å². The summed E-state index contributed by atoms with van der Waals surface area (Å²) in [4.78, 5) is 30.5. The fraction of sp³-hybridized carbons (Fsp3) is 0.429. The van der Waals surface area contributed by atoms with Crippen LogP contribution < -0.4 is 10.2 Å². The number of hydrogen-bond donors (Lipinski definition) is 1. The topological polar surface area (TPSA) is 52.7 Å². The monoisotopic (exact) mass is 531 g/mol. The van der Waals surface area contributed by atoms with E-state index in [1.54, 1.807) is 11.0 Å². The van der Waals surface area contributed by atoms with Crippen LogP contribution in [0.4, 0.5) is 18.9 Å². The van der Waals surface area contributed by atoms with Crippen molar-refractivity contribution in [3.8, 4) is 0 Å². The van der Waals surface area contributed by atoms with E-state index in [9.17, 15) is 22.8 Å². The molecule has 2 amide bonds. The Labute approximate surface area is 220 Å². The summed E-state index contributed by atoms with van der Waals surface area (Å²) in [6.07, 6.45) is 1.87. The van der Waals surface area contributed by atoms with Gasteiger partial charge in [-0.3, -0.25) is 9.59 Å². The Bertz CT molecular complexity index is 1110. The van der Waals surface area contributed by atoms with Gasteiger partial charge in [-0.25, -0.2) is 0 Å². The third kappa shape index (κ3) is 7.09. The first kappa shape index (κ1) is 27.1. The van der Waals surface area contributed by atoms with Crippen LogP contribution in [0.3, 0.4) is 0 Å². The zero-order valence-electron chi connectivity index (χ0n) is 20.8. The summed E-state index contributed by atoms with van der Waals surface area (Å²) in [6, 6.07) is 14.8. The van der Waals surface area contributed by atoms with Crippen LogP contribution in [0.25, 0.3) is 6.08 Å². The number of anilines is 1. The highest BCUT2D eigenvalue weighted by Crippen LogP contribution is 2.42. The zero-order valence-corrected chi connectivity index (χ0v) is 21.7. The summed E-state index contributed by atoms with van der Waals surface area (Å²) < 4.78 is 38.7. The Morgan fingerprint density at radius 3 is 2.51 bits per heavy atom. The first-order valence-corrected chi connectivity index (χ1v) is 13.5. The van der Waals surface area contributed by atoms with Gasteiger partial charge in [-0.05, 0) is 55.2 Å². The summed E-state index contributed by atoms with van der Waals surface area (Å²) in [7, 11) is 2.01. The van der Waals surface area contributed by atoms with Gasteiger partial charge in [0, 0.05) is 37.1 Å². The van der Waals surface area contributed by atoms with Gasteiger partial charge in [0.2, 0.25) is 5.91 Å². The normalized spacial score (nSPS) is 21.0. The molecule has 1 aliphatic carbocycles. The lowest BCUT2D eigenvalue weighted by Gasteiger charge is -2.43. The van der Waals surface area contributed by atoms with Crippen LogP contribution in [0.5, 0.6) is 0 Å². The van der Waals surface area contributed by atoms with Gasteiger partial charge in [0.1, 0.15) is 6.54 Å². The van der Waals surface area contributed by atoms with Crippen LogP contribution in [0, 0.1) is 0 Å². The number of carbonyl (C=O) groups excluding carboxylic acids is 2. The van der Waals surface area contributed by atoms with Gasteiger partial charge < -0.3 is 15.1 Å². The van der Waals surface area contributed by atoms with Crippen molar-refractivity contribution in [2.45, 2.75) is 49.6 Å². The van der Waals surface area contributed by atoms with Gasteiger partial charge in [0.25, 0.3) is 5.91 Å². The summed E-state index contributed by atoms with van der Waals surface area (Å²) in [5.74, 6) is -0.423. The van der Waals surface area contributed by atoms with Crippen molar-refractivity contribution in [3.05, 3.63) is 70.6 Å². The minimum absolute atomic E-state index is 0.00836. The van der Waals surface area contributed by atoms with Crippen LogP contribution in [-0.2, 0) is 15.8 Å². The van der Waals surface area contributed by atoms with Crippen LogP contribution in [-0.4, -0.2) is 54.7 Å². The third-order valence-corrected chi connectivity index (χ3v) is 8.26. The number of rotatable bonds is 8. The van der Waals surface area contributed by atoms with Gasteiger partial charge in [0.15, 0.2) is 0 Å². The van der Waals surface area contributed by atoms with E-state index in [0.29, 0.717) is 17.0 Å². The van der Waals surface area contributed by atoms with Crippen molar-refractivity contribution in [1.29, 1.82) is 0 Å². The second kappa shape index (κ2) is 12.1. The van der Waals surface area contributed by atoms with E-state index >= 15 is 0 Å². The Hall–Kier alpha value is -2.94. The van der Waals surface area contributed by atoms with Crippen LogP contribution >= 0.6 is 11.8 Å². The number of halogens is 3. The maximum absolute atomic E-state index is 13.4. The number of benzene rings is 2. The van der Waals surface area contributed by atoms with E-state index in [2.05, 4.69) is 10.2 Å². The van der Waals surface area contributed by atoms with Gasteiger partial charge >= 0.3 is 6.18 Å². The molecule has 2 aromatic carbocycles. The van der Waals surface area contributed by atoms with Gasteiger partial charge in [0.05, 0.1) is 10.5 Å². The molecule has 4 rings (SSSR count). The number of hydrogen-bond acceptors (Lipinski definition) is 4. The number of amides is 2. The van der Waals surface area contributed by atoms with E-state index in [0.717, 1.165) is 56.5 Å². The summed E-state index contributed by atoms with van der Waals surface area (Å²) in [6.45, 7) is 1.28. The van der Waals surface area contributed by atoms with Crippen molar-refractivity contribution in [2.24, 2.45) is 0 Å². The lowest BCUT2D eigenvalue weighted by Crippen LogP contribution is -2.54. The van der Waals surface area contributed by atoms with Crippen molar-refractivity contribution >= 4 is 35.3 Å². The molecule has 9 heteroatoms. The highest BCUT2D eigenvalue weighted by Gasteiger charge is 2.41. The molecule has 1 heterocycles. The summed E-state index contributed by atoms with van der Waals surface area (Å²) >= 11 is 1.49. The lowest BCUT2D eigenvalue weighted by molar-refractivity contribution is -0.137. The quantitative estimate of drug-likeness (QED) is 0.357. The first-order valence-electron chi connectivity index (χ1n) is 12.6. The van der Waals surface area contributed by atoms with E-state index in [4.69, 9.17) is 0 Å². The molecule has 0 spiro atoms. The lowest BCUT2D eigenvalue weighted by atomic mass is 9.93. The van der Waals surface area contributed by atoms with Crippen molar-refractivity contribution in [1.82, 2.24) is 10.2 Å². The molecular weight excluding hydrogens is 499 g/mol. The molecule has 2 aromatic rings. The molecule has 0 radical (unpaired) electrons. The van der Waals surface area contributed by atoms with Crippen molar-refractivity contribution in [2.75, 3.05) is 31.6 Å². The molecular formula is C28H32F3N3O2S. The molecule has 37 heavy (non-hydrogen) atoms. The molecule has 1 N–H and O–H groups in total. The van der Waals surface area contributed by atoms with Crippen molar-refractivity contribution < 1.29 is 22.8 Å². The third-order valence-electron chi connectivity index (χ3n) is 6.86. The Kier molecular flexibility index (Phi) is 8.84. The molecule has 1 saturated carbocycles. The second-order valence-corrected chi connectivity index (χ2v) is 10.8.